The summed E-state index contributed by atoms with van der Waals surface area (Å²) in [6.07, 6.45) is 3.24. The third-order valence-corrected chi connectivity index (χ3v) is 2.71. The topological polar surface area (TPSA) is 70.1 Å². The Hall–Kier alpha value is -1.36. The van der Waals surface area contributed by atoms with Crippen LogP contribution in [0.25, 0.3) is 0 Å². The minimum atomic E-state index is -0.0879. The molecule has 0 aromatic carbocycles. The molecule has 15 heavy (non-hydrogen) atoms. The molecule has 1 fully saturated rings. The van der Waals surface area contributed by atoms with Gasteiger partial charge in [-0.1, -0.05) is 0 Å². The van der Waals surface area contributed by atoms with Gasteiger partial charge in [-0.15, -0.1) is 0 Å². The molecule has 5 nitrogen and oxygen atoms in total. The Labute approximate surface area is 88.9 Å². The summed E-state index contributed by atoms with van der Waals surface area (Å²) in [6, 6.07) is 1.87. The van der Waals surface area contributed by atoms with Crippen molar-refractivity contribution in [3.8, 4) is 0 Å². The molecule has 0 aliphatic heterocycles. The Morgan fingerprint density at radius 2 is 2.13 bits per heavy atom. The average molecular weight is 208 g/mol. The quantitative estimate of drug-likeness (QED) is 0.679. The van der Waals surface area contributed by atoms with Gasteiger partial charge in [0, 0.05) is 19.7 Å². The molecule has 1 aromatic rings. The number of nitrogens with zero attached hydrogens (tertiary/aromatic N) is 2. The Balaban J connectivity index is 1.82. The van der Waals surface area contributed by atoms with Crippen LogP contribution in [-0.2, 0) is 0 Å². The van der Waals surface area contributed by atoms with Gasteiger partial charge in [0.1, 0.15) is 18.0 Å². The molecule has 1 aliphatic carbocycles. The first kappa shape index (κ1) is 10.2. The molecule has 0 unspecified atom stereocenters. The number of anilines is 2. The Morgan fingerprint density at radius 1 is 1.40 bits per heavy atom. The van der Waals surface area contributed by atoms with Crippen LogP contribution in [0, 0.1) is 5.92 Å². The summed E-state index contributed by atoms with van der Waals surface area (Å²) < 4.78 is 0. The van der Waals surface area contributed by atoms with Crippen LogP contribution in [0.3, 0.4) is 0 Å². The minimum absolute atomic E-state index is 0.0879. The predicted octanol–water partition coefficient (Wildman–Crippen LogP) is 0.701. The fraction of sp³-hybridized carbons (Fsp3) is 0.600. The highest BCUT2D eigenvalue weighted by Crippen LogP contribution is 2.27. The third kappa shape index (κ3) is 2.56. The van der Waals surface area contributed by atoms with Crippen molar-refractivity contribution in [2.45, 2.75) is 18.9 Å². The van der Waals surface area contributed by atoms with Crippen molar-refractivity contribution in [3.63, 3.8) is 0 Å². The number of nitrogens with one attached hydrogen (secondary N) is 2. The lowest BCUT2D eigenvalue weighted by Gasteiger charge is -2.31. The maximum atomic E-state index is 9.13. The van der Waals surface area contributed by atoms with Crippen LogP contribution in [0.4, 0.5) is 11.6 Å². The number of hydrogen-bond acceptors (Lipinski definition) is 5. The Kier molecular flexibility index (Phi) is 3.01. The van der Waals surface area contributed by atoms with E-state index in [-0.39, 0.29) is 6.10 Å². The minimum Gasteiger partial charge on any atom is -0.393 e. The smallest absolute Gasteiger partial charge is 0.131 e. The summed E-state index contributed by atoms with van der Waals surface area (Å²) in [5.74, 6) is 2.21. The van der Waals surface area contributed by atoms with Gasteiger partial charge in [0.05, 0.1) is 6.10 Å². The summed E-state index contributed by atoms with van der Waals surface area (Å²) in [5.41, 5.74) is 0. The van der Waals surface area contributed by atoms with E-state index in [0.717, 1.165) is 31.0 Å². The normalized spacial score (nSPS) is 24.4. The summed E-state index contributed by atoms with van der Waals surface area (Å²) in [6.45, 7) is 0.872. The highest BCUT2D eigenvalue weighted by molar-refractivity contribution is 5.45. The van der Waals surface area contributed by atoms with Gasteiger partial charge in [-0.25, -0.2) is 9.97 Å². The maximum absolute atomic E-state index is 9.13. The molecule has 0 radical (unpaired) electrons. The third-order valence-electron chi connectivity index (χ3n) is 2.71. The van der Waals surface area contributed by atoms with E-state index in [1.54, 1.807) is 0 Å². The fourth-order valence-corrected chi connectivity index (χ4v) is 1.71. The maximum Gasteiger partial charge on any atom is 0.131 e. The molecular formula is C10H16N4O. The molecule has 0 amide bonds. The Morgan fingerprint density at radius 3 is 2.80 bits per heavy atom. The molecule has 1 aliphatic rings. The van der Waals surface area contributed by atoms with Crippen LogP contribution in [0.1, 0.15) is 12.8 Å². The lowest BCUT2D eigenvalue weighted by molar-refractivity contribution is 0.0486. The molecule has 0 spiro atoms. The second-order valence-corrected chi connectivity index (χ2v) is 3.91. The number of rotatable bonds is 4. The zero-order chi connectivity index (χ0) is 10.7. The van der Waals surface area contributed by atoms with Gasteiger partial charge in [-0.2, -0.15) is 0 Å². The van der Waals surface area contributed by atoms with Gasteiger partial charge in [0.2, 0.25) is 0 Å². The van der Waals surface area contributed by atoms with E-state index in [1.165, 1.54) is 6.33 Å². The molecule has 1 heterocycles. The van der Waals surface area contributed by atoms with Gasteiger partial charge in [-0.05, 0) is 18.8 Å². The number of aliphatic hydroxyl groups is 1. The number of aliphatic hydroxyl groups excluding tert-OH is 1. The van der Waals surface area contributed by atoms with Crippen molar-refractivity contribution in [2.24, 2.45) is 5.92 Å². The number of hydrogen-bond donors (Lipinski definition) is 3. The summed E-state index contributed by atoms with van der Waals surface area (Å²) in [5, 5.41) is 15.3. The zero-order valence-corrected chi connectivity index (χ0v) is 8.77. The van der Waals surface area contributed by atoms with Crippen LogP contribution in [0.2, 0.25) is 0 Å². The van der Waals surface area contributed by atoms with Crippen molar-refractivity contribution in [1.29, 1.82) is 0 Å². The van der Waals surface area contributed by atoms with E-state index in [1.807, 2.05) is 13.1 Å². The van der Waals surface area contributed by atoms with Crippen LogP contribution >= 0.6 is 0 Å². The highest BCUT2D eigenvalue weighted by atomic mass is 16.3. The molecular weight excluding hydrogens is 192 g/mol. The van der Waals surface area contributed by atoms with E-state index in [0.29, 0.717) is 5.92 Å². The van der Waals surface area contributed by atoms with Crippen molar-refractivity contribution >= 4 is 11.6 Å². The summed E-state index contributed by atoms with van der Waals surface area (Å²) in [7, 11) is 1.83. The first-order chi connectivity index (χ1) is 7.28. The molecule has 1 aromatic heterocycles. The fourth-order valence-electron chi connectivity index (χ4n) is 1.71. The van der Waals surface area contributed by atoms with E-state index in [9.17, 15) is 0 Å². The number of aromatic nitrogens is 2. The first-order valence-electron chi connectivity index (χ1n) is 5.19. The zero-order valence-electron chi connectivity index (χ0n) is 8.77. The first-order valence-corrected chi connectivity index (χ1v) is 5.19. The molecule has 2 rings (SSSR count). The highest BCUT2D eigenvalue weighted by Gasteiger charge is 2.26. The van der Waals surface area contributed by atoms with Crippen LogP contribution in [0.15, 0.2) is 12.4 Å². The van der Waals surface area contributed by atoms with E-state index in [2.05, 4.69) is 20.6 Å². The van der Waals surface area contributed by atoms with Gasteiger partial charge < -0.3 is 15.7 Å². The SMILES string of the molecule is CNc1cc(NCC2CC(O)C2)ncn1. The predicted molar refractivity (Wildman–Crippen MR) is 58.8 cm³/mol. The summed E-state index contributed by atoms with van der Waals surface area (Å²) >= 11 is 0. The average Bonchev–Trinajstić information content (AvgIpc) is 2.23. The van der Waals surface area contributed by atoms with Gasteiger partial charge in [0.15, 0.2) is 0 Å². The molecule has 5 heteroatoms. The largest absolute Gasteiger partial charge is 0.393 e. The molecule has 3 N–H and O–H groups in total. The van der Waals surface area contributed by atoms with Crippen LogP contribution in [-0.4, -0.2) is 34.8 Å². The monoisotopic (exact) mass is 208 g/mol. The molecule has 0 atom stereocenters. The molecule has 1 saturated carbocycles. The van der Waals surface area contributed by atoms with E-state index >= 15 is 0 Å². The van der Waals surface area contributed by atoms with E-state index in [4.69, 9.17) is 5.11 Å². The van der Waals surface area contributed by atoms with Gasteiger partial charge >= 0.3 is 0 Å². The lowest BCUT2D eigenvalue weighted by atomic mass is 9.82. The molecule has 0 saturated heterocycles. The van der Waals surface area contributed by atoms with Crippen molar-refractivity contribution in [3.05, 3.63) is 12.4 Å². The van der Waals surface area contributed by atoms with E-state index < -0.39 is 0 Å². The Bertz CT molecular complexity index is 325. The van der Waals surface area contributed by atoms with Crippen molar-refractivity contribution in [2.75, 3.05) is 24.2 Å². The standard InChI is InChI=1S/C10H16N4O/c1-11-9-4-10(14-6-13-9)12-5-7-2-8(15)3-7/h4,6-8,15H,2-3,5H2,1H3,(H2,11,12,13,14). The lowest BCUT2D eigenvalue weighted by Crippen LogP contribution is -2.33. The van der Waals surface area contributed by atoms with Gasteiger partial charge in [-0.3, -0.25) is 0 Å². The summed E-state index contributed by atoms with van der Waals surface area (Å²) in [4.78, 5) is 8.14. The van der Waals surface area contributed by atoms with Gasteiger partial charge in [0.25, 0.3) is 0 Å². The van der Waals surface area contributed by atoms with Crippen LogP contribution < -0.4 is 10.6 Å². The second kappa shape index (κ2) is 4.44. The van der Waals surface area contributed by atoms with Crippen molar-refractivity contribution < 1.29 is 5.11 Å². The molecule has 0 bridgehead atoms. The second-order valence-electron chi connectivity index (χ2n) is 3.91. The molecule has 82 valence electrons. The van der Waals surface area contributed by atoms with Crippen LogP contribution in [0.5, 0.6) is 0 Å². The van der Waals surface area contributed by atoms with Crippen molar-refractivity contribution in [1.82, 2.24) is 9.97 Å².